The number of piperidine rings is 1. The van der Waals surface area contributed by atoms with E-state index in [9.17, 15) is 8.78 Å². The largest absolute Gasteiger partial charge is 0.487 e. The smallest absolute Gasteiger partial charge is 0.225 e. The Kier molecular flexibility index (Phi) is 7.55. The number of anilines is 3. The summed E-state index contributed by atoms with van der Waals surface area (Å²) in [6.07, 6.45) is 5.31. The van der Waals surface area contributed by atoms with Gasteiger partial charge in [0.1, 0.15) is 11.6 Å². The maximum Gasteiger partial charge on any atom is 0.225 e. The van der Waals surface area contributed by atoms with Crippen LogP contribution < -0.4 is 25.2 Å². The Hall–Kier alpha value is -3.60. The highest BCUT2D eigenvalue weighted by molar-refractivity contribution is 5.44. The lowest BCUT2D eigenvalue weighted by Gasteiger charge is -2.35. The highest BCUT2D eigenvalue weighted by Crippen LogP contribution is 2.31. The molecule has 2 fully saturated rings. The number of hydrogen-bond acceptors (Lipinski definition) is 9. The highest BCUT2D eigenvalue weighted by atomic mass is 19.1. The Morgan fingerprint density at radius 1 is 1.00 bits per heavy atom. The fourth-order valence-corrected chi connectivity index (χ4v) is 5.29. The van der Waals surface area contributed by atoms with Gasteiger partial charge in [-0.2, -0.15) is 0 Å². The first-order chi connectivity index (χ1) is 18.3. The molecule has 0 spiro atoms. The molecule has 3 atom stereocenters. The molecule has 9 nitrogen and oxygen atoms in total. The number of nitrogens with zero attached hydrogens (tertiary/aromatic N) is 7. The Bertz CT molecular complexity index is 1220. The van der Waals surface area contributed by atoms with E-state index in [-0.39, 0.29) is 23.6 Å². The molecule has 202 valence electrons. The fourth-order valence-electron chi connectivity index (χ4n) is 5.29. The summed E-state index contributed by atoms with van der Waals surface area (Å²) in [5, 5.41) is 8.66. The number of rotatable bonds is 7. The van der Waals surface area contributed by atoms with E-state index in [0.717, 1.165) is 49.7 Å². The van der Waals surface area contributed by atoms with Gasteiger partial charge in [0.25, 0.3) is 0 Å². The number of halogens is 2. The summed E-state index contributed by atoms with van der Waals surface area (Å²) in [4.78, 5) is 15.0. The molecule has 0 saturated carbocycles. The Morgan fingerprint density at radius 2 is 1.74 bits per heavy atom. The molecule has 0 radical (unpaired) electrons. The number of ether oxygens (including phenoxy) is 1. The van der Waals surface area contributed by atoms with Crippen molar-refractivity contribution in [3.05, 3.63) is 59.9 Å². The zero-order valence-corrected chi connectivity index (χ0v) is 22.0. The molecule has 0 unspecified atom stereocenters. The minimum atomic E-state index is -0.475. The molecule has 3 aromatic rings. The van der Waals surface area contributed by atoms with Crippen molar-refractivity contribution in [1.29, 1.82) is 0 Å². The summed E-state index contributed by atoms with van der Waals surface area (Å²) in [7, 11) is 3.90. The summed E-state index contributed by atoms with van der Waals surface area (Å²) >= 11 is 0. The molecular formula is C27H34F2N8O. The second-order valence-electron chi connectivity index (χ2n) is 10.4. The van der Waals surface area contributed by atoms with Crippen LogP contribution in [0.4, 0.5) is 26.4 Å². The lowest BCUT2D eigenvalue weighted by Crippen LogP contribution is -2.39. The van der Waals surface area contributed by atoms with Crippen molar-refractivity contribution in [1.82, 2.24) is 20.2 Å². The summed E-state index contributed by atoms with van der Waals surface area (Å²) in [6.45, 7) is 4.74. The van der Waals surface area contributed by atoms with Crippen LogP contribution in [0.2, 0.25) is 0 Å². The first-order valence-electron chi connectivity index (χ1n) is 13.0. The maximum atomic E-state index is 14.3. The Labute approximate surface area is 221 Å². The Balaban J connectivity index is 1.14. The zero-order valence-electron chi connectivity index (χ0n) is 22.0. The molecule has 2 aromatic heterocycles. The minimum Gasteiger partial charge on any atom is -0.487 e. The van der Waals surface area contributed by atoms with Crippen molar-refractivity contribution in [3.8, 4) is 5.75 Å². The number of nitrogens with two attached hydrogens (primary N) is 1. The summed E-state index contributed by atoms with van der Waals surface area (Å²) < 4.78 is 34.2. The molecule has 38 heavy (non-hydrogen) atoms. The lowest BCUT2D eigenvalue weighted by atomic mass is 9.92. The molecule has 0 amide bonds. The average Bonchev–Trinajstić information content (AvgIpc) is 3.31. The van der Waals surface area contributed by atoms with Gasteiger partial charge in [0, 0.05) is 52.2 Å². The van der Waals surface area contributed by atoms with Gasteiger partial charge in [-0.1, -0.05) is 0 Å². The lowest BCUT2D eigenvalue weighted by molar-refractivity contribution is 0.132. The van der Waals surface area contributed by atoms with Gasteiger partial charge < -0.3 is 25.2 Å². The minimum absolute atomic E-state index is 0.00865. The normalized spacial score (nSPS) is 21.0. The van der Waals surface area contributed by atoms with E-state index in [1.54, 1.807) is 12.4 Å². The van der Waals surface area contributed by atoms with Gasteiger partial charge in [-0.15, -0.1) is 10.2 Å². The van der Waals surface area contributed by atoms with E-state index in [1.165, 1.54) is 6.07 Å². The number of hydrogen-bond donors (Lipinski definition) is 1. The van der Waals surface area contributed by atoms with Crippen molar-refractivity contribution < 1.29 is 13.5 Å². The molecule has 2 saturated heterocycles. The summed E-state index contributed by atoms with van der Waals surface area (Å²) in [5.41, 5.74) is 6.57. The first kappa shape index (κ1) is 26.0. The molecule has 2 aliphatic rings. The van der Waals surface area contributed by atoms with E-state index in [4.69, 9.17) is 10.5 Å². The van der Waals surface area contributed by atoms with Crippen molar-refractivity contribution in [3.63, 3.8) is 0 Å². The van der Waals surface area contributed by atoms with E-state index >= 15 is 0 Å². The molecule has 11 heteroatoms. The second kappa shape index (κ2) is 11.0. The second-order valence-corrected chi connectivity index (χ2v) is 10.4. The van der Waals surface area contributed by atoms with Crippen molar-refractivity contribution in [2.45, 2.75) is 37.8 Å². The van der Waals surface area contributed by atoms with Gasteiger partial charge in [0.2, 0.25) is 5.95 Å². The number of benzene rings is 1. The maximum absolute atomic E-state index is 14.3. The third kappa shape index (κ3) is 5.62. The SMILES string of the molecule is C[C@H](Oc1cnc(N2C[C@H](c3cc(F)ccc3F)[C@@H](N)C2)nc1)C1CCN(c2ccc(N(C)C)nn2)CC1. The first-order valence-corrected chi connectivity index (χ1v) is 13.0. The van der Waals surface area contributed by atoms with Crippen molar-refractivity contribution in [2.24, 2.45) is 11.7 Å². The van der Waals surface area contributed by atoms with Crippen LogP contribution in [-0.2, 0) is 0 Å². The van der Waals surface area contributed by atoms with Crippen LogP contribution in [-0.4, -0.2) is 72.6 Å². The molecule has 0 aliphatic carbocycles. The topological polar surface area (TPSA) is 96.5 Å². The van der Waals surface area contributed by atoms with Gasteiger partial charge in [0.15, 0.2) is 17.4 Å². The van der Waals surface area contributed by atoms with Crippen LogP contribution in [0, 0.1) is 17.6 Å². The molecule has 2 aliphatic heterocycles. The van der Waals surface area contributed by atoms with E-state index < -0.39 is 11.6 Å². The van der Waals surface area contributed by atoms with E-state index in [1.807, 2.05) is 36.0 Å². The van der Waals surface area contributed by atoms with Crippen LogP contribution >= 0.6 is 0 Å². The van der Waals surface area contributed by atoms with Crippen LogP contribution in [0.5, 0.6) is 5.75 Å². The van der Waals surface area contributed by atoms with Crippen LogP contribution in [0.25, 0.3) is 0 Å². The molecule has 2 N–H and O–H groups in total. The van der Waals surface area contributed by atoms with E-state index in [2.05, 4.69) is 32.0 Å². The van der Waals surface area contributed by atoms with Crippen LogP contribution in [0.15, 0.2) is 42.7 Å². The molecule has 0 bridgehead atoms. The van der Waals surface area contributed by atoms with Crippen LogP contribution in [0.3, 0.4) is 0 Å². The molecule has 4 heterocycles. The highest BCUT2D eigenvalue weighted by Gasteiger charge is 2.34. The third-order valence-electron chi connectivity index (χ3n) is 7.56. The molecule has 1 aromatic carbocycles. The third-order valence-corrected chi connectivity index (χ3v) is 7.56. The number of aromatic nitrogens is 4. The van der Waals surface area contributed by atoms with Gasteiger partial charge in [-0.25, -0.2) is 18.7 Å². The summed E-state index contributed by atoms with van der Waals surface area (Å²) in [6, 6.07) is 7.13. The van der Waals surface area contributed by atoms with Crippen molar-refractivity contribution in [2.75, 3.05) is 55.0 Å². The standard InChI is InChI=1S/C27H34F2N8O/c1-17(18-8-10-36(11-9-18)26-7-6-25(33-34-26)35(2)3)38-20-13-31-27(32-14-20)37-15-22(24(30)16-37)21-12-19(28)4-5-23(21)29/h4-7,12-14,17-18,22,24H,8-11,15-16,30H2,1-3H3/t17-,22+,24-/m0/s1. The van der Waals surface area contributed by atoms with Gasteiger partial charge in [-0.3, -0.25) is 0 Å². The molecular weight excluding hydrogens is 490 g/mol. The van der Waals surface area contributed by atoms with Crippen molar-refractivity contribution >= 4 is 17.6 Å². The average molecular weight is 525 g/mol. The zero-order chi connectivity index (χ0) is 26.8. The fraction of sp³-hybridized carbons (Fsp3) is 0.481. The summed E-state index contributed by atoms with van der Waals surface area (Å²) in [5.74, 6) is 1.97. The Morgan fingerprint density at radius 3 is 2.39 bits per heavy atom. The van der Waals surface area contributed by atoms with Gasteiger partial charge in [-0.05, 0) is 61.6 Å². The quantitative estimate of drug-likeness (QED) is 0.500. The monoisotopic (exact) mass is 524 g/mol. The van der Waals surface area contributed by atoms with Gasteiger partial charge >= 0.3 is 0 Å². The van der Waals surface area contributed by atoms with E-state index in [0.29, 0.717) is 30.7 Å². The predicted molar refractivity (Wildman–Crippen MR) is 143 cm³/mol. The van der Waals surface area contributed by atoms with Gasteiger partial charge in [0.05, 0.1) is 18.5 Å². The van der Waals surface area contributed by atoms with Crippen LogP contribution in [0.1, 0.15) is 31.2 Å². The molecule has 5 rings (SSSR count). The predicted octanol–water partition coefficient (Wildman–Crippen LogP) is 3.23.